The van der Waals surface area contributed by atoms with Gasteiger partial charge in [0.1, 0.15) is 0 Å². The van der Waals surface area contributed by atoms with Crippen LogP contribution in [0.5, 0.6) is 0 Å². The van der Waals surface area contributed by atoms with E-state index in [2.05, 4.69) is 0 Å². The Balaban J connectivity index is 4.06. The molecule has 0 heterocycles. The summed E-state index contributed by atoms with van der Waals surface area (Å²) in [7, 11) is 0. The molecule has 0 saturated heterocycles. The molecule has 0 spiro atoms. The van der Waals surface area contributed by atoms with Gasteiger partial charge in [-0.3, -0.25) is 0 Å². The maximum atomic E-state index is 8.49. The Hall–Kier alpha value is -0.600. The average molecular weight is 142 g/mol. The minimum atomic E-state index is 0.0580. The zero-order chi connectivity index (χ0) is 7.98. The highest BCUT2D eigenvalue weighted by atomic mass is 16.3. The summed E-state index contributed by atoms with van der Waals surface area (Å²) in [6.45, 7) is 3.92. The largest absolute Gasteiger partial charge is 0.392 e. The topological polar surface area (TPSA) is 40.5 Å². The highest BCUT2D eigenvalue weighted by Crippen LogP contribution is 2.05. The van der Waals surface area contributed by atoms with Gasteiger partial charge in [0.25, 0.3) is 0 Å². The van der Waals surface area contributed by atoms with Crippen molar-refractivity contribution in [3.63, 3.8) is 0 Å². The lowest BCUT2D eigenvalue weighted by molar-refractivity contribution is 0.340. The first-order valence-electron chi connectivity index (χ1n) is 3.28. The van der Waals surface area contributed by atoms with Gasteiger partial charge in [-0.15, -0.1) is 0 Å². The lowest BCUT2D eigenvalue weighted by atomic mass is 10.1. The van der Waals surface area contributed by atoms with Crippen molar-refractivity contribution in [3.8, 4) is 0 Å². The van der Waals surface area contributed by atoms with Crippen molar-refractivity contribution in [1.29, 1.82) is 0 Å². The number of allylic oxidation sites excluding steroid dienone is 2. The fourth-order valence-corrected chi connectivity index (χ4v) is 0.596. The van der Waals surface area contributed by atoms with E-state index in [9.17, 15) is 0 Å². The minimum absolute atomic E-state index is 0.0580. The molecule has 10 heavy (non-hydrogen) atoms. The molecule has 0 aromatic carbocycles. The highest BCUT2D eigenvalue weighted by molar-refractivity contribution is 5.26. The molecule has 2 N–H and O–H groups in total. The molecule has 0 aliphatic rings. The van der Waals surface area contributed by atoms with Crippen molar-refractivity contribution in [2.75, 3.05) is 13.2 Å². The highest BCUT2D eigenvalue weighted by Gasteiger charge is 1.89. The van der Waals surface area contributed by atoms with Crippen LogP contribution in [0.15, 0.2) is 23.3 Å². The second-order valence-corrected chi connectivity index (χ2v) is 2.14. The van der Waals surface area contributed by atoms with Crippen molar-refractivity contribution in [2.24, 2.45) is 0 Å². The Morgan fingerprint density at radius 1 is 1.00 bits per heavy atom. The van der Waals surface area contributed by atoms with Gasteiger partial charge in [0.2, 0.25) is 0 Å². The van der Waals surface area contributed by atoms with E-state index >= 15 is 0 Å². The van der Waals surface area contributed by atoms with E-state index in [1.165, 1.54) is 0 Å². The van der Waals surface area contributed by atoms with Gasteiger partial charge in [-0.1, -0.05) is 23.3 Å². The molecule has 0 aromatic heterocycles. The fourth-order valence-electron chi connectivity index (χ4n) is 0.596. The van der Waals surface area contributed by atoms with Crippen LogP contribution < -0.4 is 0 Å². The second-order valence-electron chi connectivity index (χ2n) is 2.14. The average Bonchev–Trinajstić information content (AvgIpc) is 1.89. The third kappa shape index (κ3) is 3.43. The van der Waals surface area contributed by atoms with E-state index in [0.29, 0.717) is 0 Å². The lowest BCUT2D eigenvalue weighted by Gasteiger charge is -1.98. The molecule has 0 rings (SSSR count). The SMILES string of the molecule is CC(=C/CO)/C(C)=C\CO. The van der Waals surface area contributed by atoms with E-state index < -0.39 is 0 Å². The molecule has 0 radical (unpaired) electrons. The van der Waals surface area contributed by atoms with Gasteiger partial charge in [0.05, 0.1) is 13.2 Å². The summed E-state index contributed by atoms with van der Waals surface area (Å²) in [6, 6.07) is 0. The molecule has 0 unspecified atom stereocenters. The van der Waals surface area contributed by atoms with Gasteiger partial charge in [0, 0.05) is 0 Å². The molecule has 0 aliphatic heterocycles. The standard InChI is InChI=1S/C8H14O2/c1-7(3-5-9)8(2)4-6-10/h3-4,9-10H,5-6H2,1-2H3/b7-3-,8-4-. The summed E-state index contributed by atoms with van der Waals surface area (Å²) in [5.74, 6) is 0. The van der Waals surface area contributed by atoms with Crippen molar-refractivity contribution in [2.45, 2.75) is 13.8 Å². The molecule has 2 nitrogen and oxygen atoms in total. The Labute approximate surface area is 61.5 Å². The van der Waals surface area contributed by atoms with Crippen molar-refractivity contribution in [1.82, 2.24) is 0 Å². The first-order chi connectivity index (χ1) is 4.72. The monoisotopic (exact) mass is 142 g/mol. The molecule has 58 valence electrons. The molecule has 2 heteroatoms. The number of hydrogen-bond acceptors (Lipinski definition) is 2. The van der Waals surface area contributed by atoms with Gasteiger partial charge in [-0.05, 0) is 13.8 Å². The van der Waals surface area contributed by atoms with Crippen molar-refractivity contribution < 1.29 is 10.2 Å². The predicted molar refractivity (Wildman–Crippen MR) is 41.7 cm³/mol. The van der Waals surface area contributed by atoms with E-state index in [1.807, 2.05) is 13.8 Å². The van der Waals surface area contributed by atoms with Crippen LogP contribution in [0.3, 0.4) is 0 Å². The molecular formula is C8H14O2. The Morgan fingerprint density at radius 2 is 1.30 bits per heavy atom. The Bertz CT molecular complexity index is 127. The molecule has 0 aromatic rings. The summed E-state index contributed by atoms with van der Waals surface area (Å²) in [5.41, 5.74) is 2.02. The normalized spacial score (nSPS) is 14.0. The second kappa shape index (κ2) is 5.21. The number of rotatable bonds is 3. The molecular weight excluding hydrogens is 128 g/mol. The summed E-state index contributed by atoms with van der Waals surface area (Å²) >= 11 is 0. The molecule has 0 amide bonds. The summed E-state index contributed by atoms with van der Waals surface area (Å²) < 4.78 is 0. The van der Waals surface area contributed by atoms with E-state index in [0.717, 1.165) is 11.1 Å². The summed E-state index contributed by atoms with van der Waals surface area (Å²) in [6.07, 6.45) is 3.42. The van der Waals surface area contributed by atoms with Crippen LogP contribution in [-0.4, -0.2) is 23.4 Å². The predicted octanol–water partition coefficient (Wildman–Crippen LogP) is 0.864. The maximum absolute atomic E-state index is 8.49. The van der Waals surface area contributed by atoms with E-state index in [-0.39, 0.29) is 13.2 Å². The van der Waals surface area contributed by atoms with Gasteiger partial charge in [0.15, 0.2) is 0 Å². The summed E-state index contributed by atoms with van der Waals surface area (Å²) in [4.78, 5) is 0. The van der Waals surface area contributed by atoms with Crippen LogP contribution in [0.2, 0.25) is 0 Å². The Morgan fingerprint density at radius 3 is 1.50 bits per heavy atom. The Kier molecular flexibility index (Phi) is 4.89. The van der Waals surface area contributed by atoms with Gasteiger partial charge in [-0.2, -0.15) is 0 Å². The van der Waals surface area contributed by atoms with Gasteiger partial charge in [-0.25, -0.2) is 0 Å². The third-order valence-corrected chi connectivity index (χ3v) is 1.42. The molecule has 0 saturated carbocycles. The molecule has 0 aliphatic carbocycles. The van der Waals surface area contributed by atoms with Crippen LogP contribution in [0.4, 0.5) is 0 Å². The maximum Gasteiger partial charge on any atom is 0.0618 e. The van der Waals surface area contributed by atoms with Crippen LogP contribution in [0, 0.1) is 0 Å². The van der Waals surface area contributed by atoms with Crippen LogP contribution in [0.25, 0.3) is 0 Å². The molecule has 0 atom stereocenters. The van der Waals surface area contributed by atoms with Crippen molar-refractivity contribution >= 4 is 0 Å². The minimum Gasteiger partial charge on any atom is -0.392 e. The lowest BCUT2D eigenvalue weighted by Crippen LogP contribution is -1.85. The number of aliphatic hydroxyl groups excluding tert-OH is 2. The number of hydrogen-bond donors (Lipinski definition) is 2. The zero-order valence-electron chi connectivity index (χ0n) is 6.46. The van der Waals surface area contributed by atoms with E-state index in [4.69, 9.17) is 10.2 Å². The van der Waals surface area contributed by atoms with Crippen LogP contribution in [-0.2, 0) is 0 Å². The summed E-state index contributed by atoms with van der Waals surface area (Å²) in [5, 5.41) is 17.0. The van der Waals surface area contributed by atoms with Crippen molar-refractivity contribution in [3.05, 3.63) is 23.3 Å². The smallest absolute Gasteiger partial charge is 0.0618 e. The van der Waals surface area contributed by atoms with Crippen LogP contribution >= 0.6 is 0 Å². The van der Waals surface area contributed by atoms with E-state index in [1.54, 1.807) is 12.2 Å². The zero-order valence-corrected chi connectivity index (χ0v) is 6.46. The fraction of sp³-hybridized carbons (Fsp3) is 0.500. The first-order valence-corrected chi connectivity index (χ1v) is 3.28. The third-order valence-electron chi connectivity index (χ3n) is 1.42. The first kappa shape index (κ1) is 9.40. The van der Waals surface area contributed by atoms with Gasteiger partial charge >= 0.3 is 0 Å². The quantitative estimate of drug-likeness (QED) is 0.574. The van der Waals surface area contributed by atoms with Crippen LogP contribution in [0.1, 0.15) is 13.8 Å². The van der Waals surface area contributed by atoms with Gasteiger partial charge < -0.3 is 10.2 Å². The number of aliphatic hydroxyl groups is 2. The molecule has 0 fully saturated rings. The molecule has 0 bridgehead atoms.